The maximum atomic E-state index is 11.0. The summed E-state index contributed by atoms with van der Waals surface area (Å²) in [5, 5.41) is 33.9. The third-order valence-corrected chi connectivity index (χ3v) is 24.8. The van der Waals surface area contributed by atoms with Crippen LogP contribution in [0.15, 0.2) is 267 Å². The van der Waals surface area contributed by atoms with E-state index < -0.39 is 16.1 Å². The number of hydrogen-bond donors (Lipinski definition) is 2. The van der Waals surface area contributed by atoms with Crippen LogP contribution in [0.4, 0.5) is 0 Å². The van der Waals surface area contributed by atoms with E-state index in [0.29, 0.717) is 0 Å². The predicted octanol–water partition coefficient (Wildman–Crippen LogP) is 10.1. The van der Waals surface area contributed by atoms with Gasteiger partial charge in [0.05, 0.1) is 31.6 Å². The first-order valence-electron chi connectivity index (χ1n) is 23.3. The van der Waals surface area contributed by atoms with Gasteiger partial charge in [-0.15, -0.1) is 22.7 Å². The van der Waals surface area contributed by atoms with Crippen LogP contribution in [0.2, 0.25) is 0 Å². The first-order valence-corrected chi connectivity index (χ1v) is 28.9. The van der Waals surface area contributed by atoms with Crippen molar-refractivity contribution in [3.8, 4) is 32.6 Å². The zero-order valence-corrected chi connectivity index (χ0v) is 45.3. The van der Waals surface area contributed by atoms with Gasteiger partial charge < -0.3 is 10.2 Å². The molecule has 0 saturated heterocycles. The molecule has 0 fully saturated rings. The van der Waals surface area contributed by atoms with Crippen molar-refractivity contribution in [1.29, 1.82) is 0 Å². The zero-order valence-electron chi connectivity index (χ0n) is 38.7. The van der Waals surface area contributed by atoms with Crippen LogP contribution in [-0.4, -0.2) is 36.3 Å². The predicted molar refractivity (Wildman–Crippen MR) is 301 cm³/mol. The van der Waals surface area contributed by atoms with E-state index in [1.54, 1.807) is 22.7 Å². The smallest absolute Gasteiger partial charge is 0.179 e. The molecule has 0 aliphatic rings. The van der Waals surface area contributed by atoms with Gasteiger partial charge in [-0.1, -0.05) is 218 Å². The summed E-state index contributed by atoms with van der Waals surface area (Å²) >= 11 is 3.23. The van der Waals surface area contributed by atoms with E-state index in [1.165, 1.54) is 41.5 Å². The van der Waals surface area contributed by atoms with Crippen molar-refractivity contribution in [2.75, 3.05) is 0 Å². The number of aromatic nitrogens is 2. The molecule has 0 amide bonds. The molecule has 0 bridgehead atoms. The largest absolute Gasteiger partial charge is 0.507 e. The van der Waals surface area contributed by atoms with E-state index in [-0.39, 0.29) is 31.0 Å². The maximum absolute atomic E-state index is 11.0. The van der Waals surface area contributed by atoms with E-state index in [9.17, 15) is 10.2 Å². The number of rotatable bonds is 10. The molecule has 0 aliphatic heterocycles. The summed E-state index contributed by atoms with van der Waals surface area (Å²) in [5.74, 6) is 0.509. The van der Waals surface area contributed by atoms with Crippen molar-refractivity contribution in [1.82, 2.24) is 9.97 Å². The number of benzene rings is 10. The molecule has 0 saturated carbocycles. The number of para-hydroxylation sites is 2. The molecule has 0 unspecified atom stereocenters. The summed E-state index contributed by atoms with van der Waals surface area (Å²) in [4.78, 5) is 9.72. The first kappa shape index (κ1) is 47.3. The summed E-state index contributed by atoms with van der Waals surface area (Å²) < 4.78 is 2.23. The van der Waals surface area contributed by atoms with Gasteiger partial charge in [0.15, 0.2) is 16.1 Å². The zero-order chi connectivity index (χ0) is 47.3. The minimum absolute atomic E-state index is 0. The Labute approximate surface area is 436 Å². The van der Waals surface area contributed by atoms with Crippen molar-refractivity contribution >= 4 is 101 Å². The number of thiazole rings is 2. The van der Waals surface area contributed by atoms with Gasteiger partial charge in [-0.3, -0.25) is 0 Å². The average molecular weight is 1040 g/mol. The van der Waals surface area contributed by atoms with Crippen LogP contribution in [0.1, 0.15) is 0 Å². The second-order valence-corrected chi connectivity index (χ2v) is 26.8. The first-order chi connectivity index (χ1) is 34.5. The molecule has 0 atom stereocenters. The van der Waals surface area contributed by atoms with Crippen molar-refractivity contribution < 1.29 is 29.7 Å². The number of phenols is 2. The molecule has 10 aromatic carbocycles. The fourth-order valence-electron chi connectivity index (χ4n) is 9.98. The summed E-state index contributed by atoms with van der Waals surface area (Å²) in [6.45, 7) is 0. The summed E-state index contributed by atoms with van der Waals surface area (Å²) in [6, 6.07) is 93.3. The van der Waals surface area contributed by atoms with Crippen LogP contribution in [0.5, 0.6) is 11.5 Å². The maximum Gasteiger partial charge on any atom is 0.179 e. The Bertz CT molecular complexity index is 3190. The quantitative estimate of drug-likeness (QED) is 0.106. The molecule has 4 nitrogen and oxygen atoms in total. The van der Waals surface area contributed by atoms with Crippen LogP contribution < -0.4 is 41.5 Å². The fraction of sp³-hybridized carbons (Fsp3) is 0. The average Bonchev–Trinajstić information content (AvgIpc) is 4.07. The Balaban J connectivity index is 0.000000162. The molecule has 2 N–H and O–H groups in total. The Hall–Kier alpha value is -7.36. The second-order valence-electron chi connectivity index (χ2n) is 17.1. The van der Waals surface area contributed by atoms with Crippen molar-refractivity contribution in [2.45, 2.75) is 0 Å². The van der Waals surface area contributed by atoms with Crippen molar-refractivity contribution in [3.05, 3.63) is 267 Å². The topological polar surface area (TPSA) is 66.2 Å². The van der Waals surface area contributed by atoms with Gasteiger partial charge in [0.25, 0.3) is 0 Å². The molecule has 338 valence electrons. The van der Waals surface area contributed by atoms with Gasteiger partial charge in [-0.25, -0.2) is 9.97 Å². The second kappa shape index (κ2) is 20.9. The molecule has 2 heterocycles. The molecule has 0 aliphatic carbocycles. The number of fused-ring (bicyclic) bond motifs is 2. The molecule has 9 heteroatoms. The Morgan fingerprint density at radius 1 is 0.282 bits per heavy atom. The van der Waals surface area contributed by atoms with Crippen LogP contribution in [0.25, 0.3) is 41.6 Å². The van der Waals surface area contributed by atoms with Gasteiger partial charge in [-0.2, -0.15) is 0 Å². The molecule has 0 spiro atoms. The van der Waals surface area contributed by atoms with Gasteiger partial charge in [0.1, 0.15) is 21.5 Å². The molecular weight excluding hydrogens is 990 g/mol. The number of phenolic OH excluding ortho intramolecular Hbond substituents is 2. The van der Waals surface area contributed by atoms with Gasteiger partial charge in [0, 0.05) is 19.5 Å². The molecular formula is C62H46N2O2S2Si2Zn. The summed E-state index contributed by atoms with van der Waals surface area (Å²) in [5.41, 5.74) is 3.47. The van der Waals surface area contributed by atoms with Gasteiger partial charge in [0.2, 0.25) is 0 Å². The third-order valence-electron chi connectivity index (χ3n) is 13.1. The molecule has 0 radical (unpaired) electrons. The fourth-order valence-corrected chi connectivity index (χ4v) is 21.5. The molecule has 12 aromatic rings. The number of hydrogen-bond acceptors (Lipinski definition) is 6. The van der Waals surface area contributed by atoms with Crippen molar-refractivity contribution in [3.63, 3.8) is 0 Å². The number of nitrogens with zero attached hydrogens (tertiary/aromatic N) is 2. The molecule has 2 aromatic heterocycles. The van der Waals surface area contributed by atoms with E-state index in [1.807, 2.05) is 48.5 Å². The van der Waals surface area contributed by atoms with E-state index in [4.69, 9.17) is 9.97 Å². The normalized spacial score (nSPS) is 11.4. The van der Waals surface area contributed by atoms with Crippen LogP contribution >= 0.6 is 22.7 Å². The van der Waals surface area contributed by atoms with Gasteiger partial charge in [-0.05, 0) is 90.0 Å². The minimum Gasteiger partial charge on any atom is -0.507 e. The van der Waals surface area contributed by atoms with E-state index in [2.05, 4.69) is 218 Å². The van der Waals surface area contributed by atoms with Crippen LogP contribution in [-0.2, 0) is 19.5 Å². The Morgan fingerprint density at radius 2 is 0.535 bits per heavy atom. The van der Waals surface area contributed by atoms with E-state index in [0.717, 1.165) is 41.6 Å². The molecule has 71 heavy (non-hydrogen) atoms. The molecule has 12 rings (SSSR count). The van der Waals surface area contributed by atoms with Gasteiger partial charge >= 0.3 is 0 Å². The summed E-state index contributed by atoms with van der Waals surface area (Å²) in [6.07, 6.45) is 0. The monoisotopic (exact) mass is 1030 g/mol. The van der Waals surface area contributed by atoms with Crippen molar-refractivity contribution in [2.24, 2.45) is 0 Å². The van der Waals surface area contributed by atoms with E-state index >= 15 is 0 Å². The van der Waals surface area contributed by atoms with Crippen LogP contribution in [0, 0.1) is 0 Å². The minimum atomic E-state index is -2.66. The van der Waals surface area contributed by atoms with Crippen LogP contribution in [0.3, 0.4) is 0 Å². The SMILES string of the molecule is Oc1ccc([Si](c2ccccc2)(c2ccccc2)c2ccccc2)cc1-c1nc2ccccc2s1.Oc1ccc([Si](c2ccccc2)(c2ccccc2)c2ccccc2)cc1-c1nc2ccccc2s1.[Zn]. The Kier molecular flexibility index (Phi) is 13.9. The number of aromatic hydroxyl groups is 2. The third kappa shape index (κ3) is 8.93. The Morgan fingerprint density at radius 3 is 0.803 bits per heavy atom. The summed E-state index contributed by atoms with van der Waals surface area (Å²) in [7, 11) is -5.32. The standard InChI is InChI=1S/2C31H23NOSSi.Zn/c2*33-29-21-20-26(22-27(29)31-32-28-18-10-11-19-30(28)34-31)35(23-12-4-1-5-13-23,24-14-6-2-7-15-24)25-16-8-3-9-17-25;/h2*1-22,33H;.